The molecule has 1 aromatic carbocycles. The summed E-state index contributed by atoms with van der Waals surface area (Å²) in [7, 11) is -3.53. The quantitative estimate of drug-likeness (QED) is 0.778. The summed E-state index contributed by atoms with van der Waals surface area (Å²) in [5, 5.41) is 17.1. The maximum atomic E-state index is 11.9. The van der Waals surface area contributed by atoms with E-state index in [2.05, 4.69) is 0 Å². The molecule has 5 heteroatoms. The van der Waals surface area contributed by atoms with Gasteiger partial charge in [0.1, 0.15) is 12.1 Å². The second-order valence-electron chi connectivity index (χ2n) is 3.50. The summed E-state index contributed by atoms with van der Waals surface area (Å²) in [6.45, 7) is 3.07. The summed E-state index contributed by atoms with van der Waals surface area (Å²) < 4.78 is 23.8. The monoisotopic (exact) mass is 234 g/mol. The van der Waals surface area contributed by atoms with Crippen LogP contribution < -0.4 is 0 Å². The van der Waals surface area contributed by atoms with E-state index >= 15 is 0 Å². The Bertz CT molecular complexity index is 589. The number of sulfone groups is 1. The first-order valence-electron chi connectivity index (χ1n) is 4.62. The fourth-order valence-corrected chi connectivity index (χ4v) is 2.45. The van der Waals surface area contributed by atoms with Crippen LogP contribution in [0.4, 0.5) is 0 Å². The zero-order chi connectivity index (χ0) is 12.3. The highest BCUT2D eigenvalue weighted by Gasteiger charge is 2.24. The van der Waals surface area contributed by atoms with Gasteiger partial charge in [0.05, 0.1) is 21.3 Å². The molecule has 0 saturated heterocycles. The molecule has 0 bridgehead atoms. The van der Waals surface area contributed by atoms with Crippen molar-refractivity contribution in [3.63, 3.8) is 0 Å². The van der Waals surface area contributed by atoms with Crippen LogP contribution in [0.2, 0.25) is 0 Å². The second kappa shape index (κ2) is 4.34. The van der Waals surface area contributed by atoms with Crippen molar-refractivity contribution >= 4 is 9.84 Å². The zero-order valence-corrected chi connectivity index (χ0v) is 9.75. The van der Waals surface area contributed by atoms with Crippen molar-refractivity contribution in [2.75, 3.05) is 0 Å². The van der Waals surface area contributed by atoms with Crippen molar-refractivity contribution in [3.05, 3.63) is 29.3 Å². The van der Waals surface area contributed by atoms with Gasteiger partial charge in [-0.25, -0.2) is 8.42 Å². The van der Waals surface area contributed by atoms with Crippen LogP contribution in [0, 0.1) is 22.7 Å². The van der Waals surface area contributed by atoms with Crippen molar-refractivity contribution in [1.82, 2.24) is 0 Å². The summed E-state index contributed by atoms with van der Waals surface area (Å²) in [5.74, 6) is 0. The van der Waals surface area contributed by atoms with Crippen LogP contribution in [0.15, 0.2) is 23.1 Å². The standard InChI is InChI=1S/C11H10N2O2S/c1-8(2)16(14,15)11-5-3-4-9(6-12)10(11)7-13/h3-5,8H,1-2H3. The van der Waals surface area contributed by atoms with E-state index in [9.17, 15) is 8.42 Å². The largest absolute Gasteiger partial charge is 0.223 e. The molecular weight excluding hydrogens is 224 g/mol. The maximum Gasteiger partial charge on any atom is 0.182 e. The van der Waals surface area contributed by atoms with Gasteiger partial charge in [-0.3, -0.25) is 0 Å². The van der Waals surface area contributed by atoms with E-state index in [0.29, 0.717) is 0 Å². The molecule has 0 spiro atoms. The average Bonchev–Trinajstić information content (AvgIpc) is 2.27. The number of benzene rings is 1. The van der Waals surface area contributed by atoms with E-state index in [1.165, 1.54) is 32.0 Å². The van der Waals surface area contributed by atoms with E-state index in [-0.39, 0.29) is 16.0 Å². The molecule has 16 heavy (non-hydrogen) atoms. The van der Waals surface area contributed by atoms with Crippen LogP contribution in [0.1, 0.15) is 25.0 Å². The van der Waals surface area contributed by atoms with Gasteiger partial charge in [-0.15, -0.1) is 0 Å². The topological polar surface area (TPSA) is 81.7 Å². The molecule has 0 aliphatic rings. The van der Waals surface area contributed by atoms with Gasteiger partial charge in [-0.1, -0.05) is 6.07 Å². The molecule has 0 aromatic heterocycles. The first-order valence-corrected chi connectivity index (χ1v) is 6.17. The fraction of sp³-hybridized carbons (Fsp3) is 0.273. The van der Waals surface area contributed by atoms with Gasteiger partial charge in [0.2, 0.25) is 0 Å². The summed E-state index contributed by atoms with van der Waals surface area (Å²) >= 11 is 0. The molecule has 0 atom stereocenters. The van der Waals surface area contributed by atoms with Crippen molar-refractivity contribution in [1.29, 1.82) is 10.5 Å². The van der Waals surface area contributed by atoms with Crippen molar-refractivity contribution < 1.29 is 8.42 Å². The maximum absolute atomic E-state index is 11.9. The Hall–Kier alpha value is -1.85. The minimum absolute atomic E-state index is 0.0657. The number of nitriles is 2. The number of hydrogen-bond acceptors (Lipinski definition) is 4. The molecule has 4 nitrogen and oxygen atoms in total. The van der Waals surface area contributed by atoms with Gasteiger partial charge < -0.3 is 0 Å². The first kappa shape index (κ1) is 12.2. The van der Waals surface area contributed by atoms with E-state index < -0.39 is 15.1 Å². The lowest BCUT2D eigenvalue weighted by Gasteiger charge is -2.09. The predicted octanol–water partition coefficient (Wildman–Crippen LogP) is 1.61. The summed E-state index contributed by atoms with van der Waals surface area (Å²) in [6.07, 6.45) is 0. The van der Waals surface area contributed by atoms with Crippen LogP contribution in [-0.4, -0.2) is 13.7 Å². The molecule has 0 N–H and O–H groups in total. The zero-order valence-electron chi connectivity index (χ0n) is 8.93. The van der Waals surface area contributed by atoms with Crippen LogP contribution in [0.3, 0.4) is 0 Å². The molecule has 0 saturated carbocycles. The van der Waals surface area contributed by atoms with Gasteiger partial charge in [0.25, 0.3) is 0 Å². The number of hydrogen-bond donors (Lipinski definition) is 0. The fourth-order valence-electron chi connectivity index (χ4n) is 1.23. The minimum atomic E-state index is -3.53. The van der Waals surface area contributed by atoms with E-state index in [1.54, 1.807) is 6.07 Å². The Labute approximate surface area is 94.7 Å². The van der Waals surface area contributed by atoms with E-state index in [1.807, 2.05) is 6.07 Å². The molecule has 0 radical (unpaired) electrons. The Balaban J connectivity index is 3.62. The molecule has 1 rings (SSSR count). The molecule has 0 aliphatic heterocycles. The van der Waals surface area contributed by atoms with Gasteiger partial charge in [-0.05, 0) is 26.0 Å². The van der Waals surface area contributed by atoms with Crippen LogP contribution in [-0.2, 0) is 9.84 Å². The lowest BCUT2D eigenvalue weighted by atomic mass is 10.1. The molecule has 0 amide bonds. The van der Waals surface area contributed by atoms with E-state index in [4.69, 9.17) is 10.5 Å². The second-order valence-corrected chi connectivity index (χ2v) is 5.97. The van der Waals surface area contributed by atoms with Gasteiger partial charge in [-0.2, -0.15) is 10.5 Å². The van der Waals surface area contributed by atoms with Crippen molar-refractivity contribution in [3.8, 4) is 12.1 Å². The van der Waals surface area contributed by atoms with Crippen LogP contribution in [0.5, 0.6) is 0 Å². The van der Waals surface area contributed by atoms with Crippen LogP contribution >= 0.6 is 0 Å². The molecule has 1 aromatic rings. The number of nitrogens with zero attached hydrogens (tertiary/aromatic N) is 2. The highest BCUT2D eigenvalue weighted by molar-refractivity contribution is 7.92. The smallest absolute Gasteiger partial charge is 0.182 e. The van der Waals surface area contributed by atoms with Crippen LogP contribution in [0.25, 0.3) is 0 Å². The summed E-state index contributed by atoms with van der Waals surface area (Å²) in [5.41, 5.74) is 0.0166. The first-order chi connectivity index (χ1) is 7.45. The third kappa shape index (κ3) is 1.91. The molecule has 0 unspecified atom stereocenters. The number of rotatable bonds is 2. The average molecular weight is 234 g/mol. The Morgan fingerprint density at radius 2 is 1.81 bits per heavy atom. The Morgan fingerprint density at radius 3 is 2.25 bits per heavy atom. The highest BCUT2D eigenvalue weighted by Crippen LogP contribution is 2.22. The molecule has 0 fully saturated rings. The van der Waals surface area contributed by atoms with Crippen molar-refractivity contribution in [2.45, 2.75) is 24.0 Å². The molecule has 82 valence electrons. The lowest BCUT2D eigenvalue weighted by Crippen LogP contribution is -2.15. The minimum Gasteiger partial charge on any atom is -0.223 e. The van der Waals surface area contributed by atoms with Gasteiger partial charge in [0, 0.05) is 0 Å². The normalized spacial score (nSPS) is 10.8. The Morgan fingerprint density at radius 1 is 1.19 bits per heavy atom. The predicted molar refractivity (Wildman–Crippen MR) is 58.2 cm³/mol. The third-order valence-electron chi connectivity index (χ3n) is 2.19. The van der Waals surface area contributed by atoms with Gasteiger partial charge >= 0.3 is 0 Å². The van der Waals surface area contributed by atoms with Crippen molar-refractivity contribution in [2.24, 2.45) is 0 Å². The van der Waals surface area contributed by atoms with E-state index in [0.717, 1.165) is 0 Å². The summed E-state index contributed by atoms with van der Waals surface area (Å²) in [6, 6.07) is 7.84. The molecule has 0 heterocycles. The highest BCUT2D eigenvalue weighted by atomic mass is 32.2. The molecular formula is C11H10N2O2S. The summed E-state index contributed by atoms with van der Waals surface area (Å²) in [4.78, 5) is -0.0657. The third-order valence-corrected chi connectivity index (χ3v) is 4.38. The molecule has 0 aliphatic carbocycles. The van der Waals surface area contributed by atoms with Gasteiger partial charge in [0.15, 0.2) is 9.84 Å². The SMILES string of the molecule is CC(C)S(=O)(=O)c1cccc(C#N)c1C#N. The Kier molecular flexibility index (Phi) is 3.31. The lowest BCUT2D eigenvalue weighted by molar-refractivity contribution is 0.587.